The van der Waals surface area contributed by atoms with Crippen LogP contribution in [0, 0.1) is 0 Å². The molecule has 0 heterocycles. The molecule has 0 spiro atoms. The van der Waals surface area contributed by atoms with E-state index in [1.54, 1.807) is 0 Å². The summed E-state index contributed by atoms with van der Waals surface area (Å²) < 4.78 is 0. The summed E-state index contributed by atoms with van der Waals surface area (Å²) in [6.45, 7) is 0. The van der Waals surface area contributed by atoms with Crippen molar-refractivity contribution in [3.05, 3.63) is 0 Å². The molecule has 0 radical (unpaired) electrons. The van der Waals surface area contributed by atoms with Crippen molar-refractivity contribution in [1.82, 2.24) is 0 Å². The van der Waals surface area contributed by atoms with E-state index in [1.807, 2.05) is 0 Å². The smallest absolute Gasteiger partial charge is 0.0520 e. The van der Waals surface area contributed by atoms with Crippen LogP contribution in [0.3, 0.4) is 0 Å². The van der Waals surface area contributed by atoms with Crippen LogP contribution in [-0.4, -0.2) is 17.7 Å². The summed E-state index contributed by atoms with van der Waals surface area (Å²) in [6, 6.07) is 0.316. The van der Waals surface area contributed by atoms with Crippen LogP contribution in [0.15, 0.2) is 0 Å². The lowest BCUT2D eigenvalue weighted by molar-refractivity contribution is 0.246. The Kier molecular flexibility index (Phi) is 5.69. The lowest BCUT2D eigenvalue weighted by Gasteiger charge is -2.36. The Labute approximate surface area is 99.1 Å². The zero-order chi connectivity index (χ0) is 12.0. The SMILES string of the molecule is NC(N)CCCCCC1(N)CCCC(N)C1. The van der Waals surface area contributed by atoms with E-state index >= 15 is 0 Å². The highest BCUT2D eigenvalue weighted by atomic mass is 14.8. The Morgan fingerprint density at radius 3 is 2.56 bits per heavy atom. The monoisotopic (exact) mass is 228 g/mol. The molecule has 8 N–H and O–H groups in total. The van der Waals surface area contributed by atoms with Crippen LogP contribution in [0.2, 0.25) is 0 Å². The molecule has 16 heavy (non-hydrogen) atoms. The number of hydrogen-bond acceptors (Lipinski definition) is 4. The first-order valence-corrected chi connectivity index (χ1v) is 6.57. The van der Waals surface area contributed by atoms with Gasteiger partial charge in [-0.15, -0.1) is 0 Å². The van der Waals surface area contributed by atoms with Gasteiger partial charge in [0.2, 0.25) is 0 Å². The van der Waals surface area contributed by atoms with Crippen molar-refractivity contribution in [2.45, 2.75) is 75.5 Å². The minimum absolute atomic E-state index is 0.00248. The van der Waals surface area contributed by atoms with Gasteiger partial charge in [-0.25, -0.2) is 0 Å². The fourth-order valence-corrected chi connectivity index (χ4v) is 2.70. The van der Waals surface area contributed by atoms with Crippen LogP contribution in [-0.2, 0) is 0 Å². The highest BCUT2D eigenvalue weighted by molar-refractivity contribution is 4.91. The molecular weight excluding hydrogens is 200 g/mol. The fourth-order valence-electron chi connectivity index (χ4n) is 2.70. The van der Waals surface area contributed by atoms with E-state index in [0.717, 1.165) is 38.5 Å². The number of hydrogen-bond donors (Lipinski definition) is 4. The maximum atomic E-state index is 6.36. The van der Waals surface area contributed by atoms with Gasteiger partial charge in [0.15, 0.2) is 0 Å². The Bertz CT molecular complexity index is 195. The van der Waals surface area contributed by atoms with Crippen molar-refractivity contribution in [2.24, 2.45) is 22.9 Å². The summed E-state index contributed by atoms with van der Waals surface area (Å²) in [4.78, 5) is 0. The molecular formula is C12H28N4. The van der Waals surface area contributed by atoms with E-state index in [0.29, 0.717) is 6.04 Å². The Morgan fingerprint density at radius 2 is 1.94 bits per heavy atom. The van der Waals surface area contributed by atoms with Crippen molar-refractivity contribution in [2.75, 3.05) is 0 Å². The molecule has 0 amide bonds. The molecule has 96 valence electrons. The lowest BCUT2D eigenvalue weighted by Crippen LogP contribution is -2.48. The molecule has 0 saturated heterocycles. The van der Waals surface area contributed by atoms with Crippen LogP contribution < -0.4 is 22.9 Å². The molecule has 4 heteroatoms. The maximum Gasteiger partial charge on any atom is 0.0520 e. The van der Waals surface area contributed by atoms with E-state index in [-0.39, 0.29) is 11.7 Å². The number of nitrogens with two attached hydrogens (primary N) is 4. The summed E-state index contributed by atoms with van der Waals surface area (Å²) in [5, 5.41) is 0. The molecule has 2 unspecified atom stereocenters. The van der Waals surface area contributed by atoms with E-state index in [4.69, 9.17) is 22.9 Å². The van der Waals surface area contributed by atoms with Crippen LogP contribution in [0.5, 0.6) is 0 Å². The number of unbranched alkanes of at least 4 members (excludes halogenated alkanes) is 2. The molecule has 0 aromatic rings. The average molecular weight is 228 g/mol. The van der Waals surface area contributed by atoms with Crippen molar-refractivity contribution < 1.29 is 0 Å². The minimum atomic E-state index is -0.157. The van der Waals surface area contributed by atoms with Crippen molar-refractivity contribution in [1.29, 1.82) is 0 Å². The van der Waals surface area contributed by atoms with E-state index in [9.17, 15) is 0 Å². The molecule has 4 nitrogen and oxygen atoms in total. The molecule has 0 aliphatic heterocycles. The summed E-state index contributed by atoms with van der Waals surface area (Å²) in [5.41, 5.74) is 23.3. The van der Waals surface area contributed by atoms with Crippen LogP contribution in [0.1, 0.15) is 57.8 Å². The topological polar surface area (TPSA) is 104 Å². The normalized spacial score (nSPS) is 30.9. The maximum absolute atomic E-state index is 6.36. The van der Waals surface area contributed by atoms with E-state index in [2.05, 4.69) is 0 Å². The first kappa shape index (κ1) is 13.9. The second-order valence-corrected chi connectivity index (χ2v) is 5.48. The van der Waals surface area contributed by atoms with Gasteiger partial charge in [-0.3, -0.25) is 0 Å². The Morgan fingerprint density at radius 1 is 1.19 bits per heavy atom. The Hall–Kier alpha value is -0.160. The standard InChI is InChI=1S/C12H28N4/c13-10-5-4-8-12(16,9-10)7-3-1-2-6-11(14)15/h10-11H,1-9,13-16H2. The fraction of sp³-hybridized carbons (Fsp3) is 1.00. The summed E-state index contributed by atoms with van der Waals surface area (Å²) >= 11 is 0. The van der Waals surface area contributed by atoms with Gasteiger partial charge in [0, 0.05) is 11.6 Å². The Balaban J connectivity index is 2.11. The third-order valence-corrected chi connectivity index (χ3v) is 3.63. The van der Waals surface area contributed by atoms with Crippen LogP contribution >= 0.6 is 0 Å². The molecule has 1 saturated carbocycles. The van der Waals surface area contributed by atoms with Gasteiger partial charge in [-0.1, -0.05) is 25.7 Å². The van der Waals surface area contributed by atoms with Crippen molar-refractivity contribution >= 4 is 0 Å². The first-order chi connectivity index (χ1) is 7.52. The quantitative estimate of drug-likeness (QED) is 0.398. The minimum Gasteiger partial charge on any atom is -0.328 e. The molecule has 1 rings (SSSR count). The summed E-state index contributed by atoms with van der Waals surface area (Å²) in [7, 11) is 0. The predicted octanol–water partition coefficient (Wildman–Crippen LogP) is 0.779. The van der Waals surface area contributed by atoms with Crippen molar-refractivity contribution in [3.63, 3.8) is 0 Å². The molecule has 0 bridgehead atoms. The van der Waals surface area contributed by atoms with Crippen molar-refractivity contribution in [3.8, 4) is 0 Å². The zero-order valence-electron chi connectivity index (χ0n) is 10.3. The molecule has 2 atom stereocenters. The van der Waals surface area contributed by atoms with Crippen LogP contribution in [0.4, 0.5) is 0 Å². The number of rotatable bonds is 6. The third-order valence-electron chi connectivity index (χ3n) is 3.63. The predicted molar refractivity (Wildman–Crippen MR) is 68.6 cm³/mol. The highest BCUT2D eigenvalue weighted by Gasteiger charge is 2.30. The largest absolute Gasteiger partial charge is 0.328 e. The average Bonchev–Trinajstić information content (AvgIpc) is 2.16. The van der Waals surface area contributed by atoms with Gasteiger partial charge < -0.3 is 22.9 Å². The summed E-state index contributed by atoms with van der Waals surface area (Å²) in [5.74, 6) is 0. The molecule has 0 aromatic heterocycles. The second-order valence-electron chi connectivity index (χ2n) is 5.48. The highest BCUT2D eigenvalue weighted by Crippen LogP contribution is 2.29. The summed E-state index contributed by atoms with van der Waals surface area (Å²) in [6.07, 6.45) is 9.77. The first-order valence-electron chi connectivity index (χ1n) is 6.57. The molecule has 1 aliphatic carbocycles. The van der Waals surface area contributed by atoms with E-state index in [1.165, 1.54) is 19.3 Å². The van der Waals surface area contributed by atoms with Crippen LogP contribution in [0.25, 0.3) is 0 Å². The van der Waals surface area contributed by atoms with E-state index < -0.39 is 0 Å². The van der Waals surface area contributed by atoms with Gasteiger partial charge in [-0.2, -0.15) is 0 Å². The molecule has 1 fully saturated rings. The zero-order valence-corrected chi connectivity index (χ0v) is 10.3. The third kappa shape index (κ3) is 5.25. The molecule has 1 aliphatic rings. The lowest BCUT2D eigenvalue weighted by atomic mass is 9.77. The second kappa shape index (κ2) is 6.55. The van der Waals surface area contributed by atoms with Gasteiger partial charge in [-0.05, 0) is 32.1 Å². The van der Waals surface area contributed by atoms with Gasteiger partial charge >= 0.3 is 0 Å². The molecule has 0 aromatic carbocycles. The van der Waals surface area contributed by atoms with Gasteiger partial charge in [0.05, 0.1) is 6.17 Å². The van der Waals surface area contributed by atoms with Gasteiger partial charge in [0.1, 0.15) is 0 Å². The van der Waals surface area contributed by atoms with Gasteiger partial charge in [0.25, 0.3) is 0 Å².